The van der Waals surface area contributed by atoms with E-state index in [0.717, 1.165) is 18.1 Å². The molecule has 0 amide bonds. The maximum Gasteiger partial charge on any atom is 0.0406 e. The normalized spacial score (nSPS) is 23.5. The lowest BCUT2D eigenvalue weighted by atomic mass is 9.80. The van der Waals surface area contributed by atoms with E-state index in [0.29, 0.717) is 11.8 Å². The summed E-state index contributed by atoms with van der Waals surface area (Å²) in [5.41, 5.74) is 2.84. The molecule has 0 saturated carbocycles. The van der Waals surface area contributed by atoms with Crippen molar-refractivity contribution in [1.82, 2.24) is 5.32 Å². The number of halogens is 1. The van der Waals surface area contributed by atoms with E-state index < -0.39 is 0 Å². The molecule has 2 unspecified atom stereocenters. The van der Waals surface area contributed by atoms with Gasteiger partial charge in [-0.05, 0) is 54.6 Å². The van der Waals surface area contributed by atoms with Crippen LogP contribution < -0.4 is 5.32 Å². The number of hydrogen-bond acceptors (Lipinski definition) is 2. The highest BCUT2D eigenvalue weighted by Crippen LogP contribution is 2.41. The molecule has 1 saturated heterocycles. The molecule has 100 valence electrons. The third-order valence-corrected chi connectivity index (χ3v) is 5.42. The van der Waals surface area contributed by atoms with E-state index in [2.05, 4.69) is 35.8 Å². The average Bonchev–Trinajstić information content (AvgIpc) is 2.86. The fourth-order valence-electron chi connectivity index (χ4n) is 3.00. The Labute approximate surface area is 123 Å². The van der Waals surface area contributed by atoms with Gasteiger partial charge < -0.3 is 5.32 Å². The standard InChI is InChI=1S/C16H18ClNS/c1-11-7-9-19-16(11)14-6-8-18-10-15(14)12-2-4-13(17)5-3-12/h2-5,7,9,14-15,18H,6,8,10H2,1H3. The quantitative estimate of drug-likeness (QED) is 0.854. The molecule has 1 aromatic heterocycles. The van der Waals surface area contributed by atoms with Crippen LogP contribution in [0.2, 0.25) is 5.02 Å². The van der Waals surface area contributed by atoms with Gasteiger partial charge in [-0.3, -0.25) is 0 Å². The molecule has 1 nitrogen and oxygen atoms in total. The molecule has 0 bridgehead atoms. The Balaban J connectivity index is 1.93. The van der Waals surface area contributed by atoms with Gasteiger partial charge in [-0.15, -0.1) is 11.3 Å². The van der Waals surface area contributed by atoms with Crippen LogP contribution in [0.1, 0.15) is 34.3 Å². The molecule has 0 radical (unpaired) electrons. The molecule has 1 aliphatic rings. The van der Waals surface area contributed by atoms with Crippen LogP contribution in [0.4, 0.5) is 0 Å². The van der Waals surface area contributed by atoms with E-state index in [9.17, 15) is 0 Å². The highest BCUT2D eigenvalue weighted by molar-refractivity contribution is 7.10. The largest absolute Gasteiger partial charge is 0.316 e. The number of piperidine rings is 1. The molecule has 3 rings (SSSR count). The molecule has 19 heavy (non-hydrogen) atoms. The van der Waals surface area contributed by atoms with Crippen LogP contribution in [0.5, 0.6) is 0 Å². The van der Waals surface area contributed by atoms with Gasteiger partial charge in [0.25, 0.3) is 0 Å². The Morgan fingerprint density at radius 1 is 1.16 bits per heavy atom. The van der Waals surface area contributed by atoms with Crippen molar-refractivity contribution in [2.75, 3.05) is 13.1 Å². The van der Waals surface area contributed by atoms with E-state index in [1.807, 2.05) is 23.5 Å². The van der Waals surface area contributed by atoms with Gasteiger partial charge in [0.2, 0.25) is 0 Å². The second-order valence-electron chi connectivity index (χ2n) is 5.23. The molecule has 2 aromatic rings. The highest BCUT2D eigenvalue weighted by Gasteiger charge is 2.29. The molecular weight excluding hydrogens is 274 g/mol. The van der Waals surface area contributed by atoms with Gasteiger partial charge in [-0.2, -0.15) is 0 Å². The van der Waals surface area contributed by atoms with Crippen LogP contribution in [0.15, 0.2) is 35.7 Å². The lowest BCUT2D eigenvalue weighted by Gasteiger charge is -2.32. The zero-order chi connectivity index (χ0) is 13.2. The van der Waals surface area contributed by atoms with Crippen molar-refractivity contribution >= 4 is 22.9 Å². The predicted molar refractivity (Wildman–Crippen MR) is 83.5 cm³/mol. The van der Waals surface area contributed by atoms with Gasteiger partial charge in [0, 0.05) is 28.3 Å². The van der Waals surface area contributed by atoms with Crippen molar-refractivity contribution in [3.8, 4) is 0 Å². The number of benzene rings is 1. The molecular formula is C16H18ClNS. The number of hydrogen-bond donors (Lipinski definition) is 1. The minimum atomic E-state index is 0.559. The van der Waals surface area contributed by atoms with Crippen molar-refractivity contribution in [2.24, 2.45) is 0 Å². The Bertz CT molecular complexity index is 546. The lowest BCUT2D eigenvalue weighted by Crippen LogP contribution is -2.33. The van der Waals surface area contributed by atoms with Crippen LogP contribution in [-0.2, 0) is 0 Å². The minimum Gasteiger partial charge on any atom is -0.316 e. The monoisotopic (exact) mass is 291 g/mol. The zero-order valence-electron chi connectivity index (χ0n) is 11.0. The third kappa shape index (κ3) is 2.71. The van der Waals surface area contributed by atoms with Crippen LogP contribution in [0.25, 0.3) is 0 Å². The maximum absolute atomic E-state index is 6.00. The second kappa shape index (κ2) is 5.66. The summed E-state index contributed by atoms with van der Waals surface area (Å²) in [6.45, 7) is 4.41. The summed E-state index contributed by atoms with van der Waals surface area (Å²) in [5, 5.41) is 6.56. The Kier molecular flexibility index (Phi) is 3.92. The molecule has 1 N–H and O–H groups in total. The van der Waals surface area contributed by atoms with Gasteiger partial charge in [-0.1, -0.05) is 23.7 Å². The Morgan fingerprint density at radius 3 is 2.63 bits per heavy atom. The summed E-state index contributed by atoms with van der Waals surface area (Å²) < 4.78 is 0. The van der Waals surface area contributed by atoms with Crippen molar-refractivity contribution in [2.45, 2.75) is 25.2 Å². The van der Waals surface area contributed by atoms with Crippen LogP contribution in [0.3, 0.4) is 0 Å². The number of nitrogens with one attached hydrogen (secondary N) is 1. The lowest BCUT2D eigenvalue weighted by molar-refractivity contribution is 0.407. The van der Waals surface area contributed by atoms with Crippen molar-refractivity contribution < 1.29 is 0 Å². The number of aryl methyl sites for hydroxylation is 1. The fraction of sp³-hybridized carbons (Fsp3) is 0.375. The molecule has 1 aliphatic heterocycles. The van der Waals surface area contributed by atoms with Crippen LogP contribution >= 0.6 is 22.9 Å². The summed E-state index contributed by atoms with van der Waals surface area (Å²) in [5.74, 6) is 1.20. The van der Waals surface area contributed by atoms with Crippen molar-refractivity contribution in [3.63, 3.8) is 0 Å². The molecule has 1 aromatic carbocycles. The summed E-state index contributed by atoms with van der Waals surface area (Å²) in [6, 6.07) is 10.6. The summed E-state index contributed by atoms with van der Waals surface area (Å²) in [4.78, 5) is 1.56. The molecule has 0 aliphatic carbocycles. The highest BCUT2D eigenvalue weighted by atomic mass is 35.5. The Morgan fingerprint density at radius 2 is 1.95 bits per heavy atom. The fourth-order valence-corrected chi connectivity index (χ4v) is 4.25. The number of rotatable bonds is 2. The average molecular weight is 292 g/mol. The first-order valence-corrected chi connectivity index (χ1v) is 8.01. The van der Waals surface area contributed by atoms with E-state index >= 15 is 0 Å². The second-order valence-corrected chi connectivity index (χ2v) is 6.61. The molecule has 0 spiro atoms. The van der Waals surface area contributed by atoms with Crippen molar-refractivity contribution in [1.29, 1.82) is 0 Å². The van der Waals surface area contributed by atoms with Gasteiger partial charge in [0.1, 0.15) is 0 Å². The first-order valence-electron chi connectivity index (χ1n) is 6.76. The molecule has 3 heteroatoms. The topological polar surface area (TPSA) is 12.0 Å². The summed E-state index contributed by atoms with van der Waals surface area (Å²) >= 11 is 7.90. The third-order valence-electron chi connectivity index (χ3n) is 4.02. The SMILES string of the molecule is Cc1ccsc1C1CCNCC1c1ccc(Cl)cc1. The van der Waals surface area contributed by atoms with Gasteiger partial charge >= 0.3 is 0 Å². The minimum absolute atomic E-state index is 0.559. The zero-order valence-corrected chi connectivity index (χ0v) is 12.6. The van der Waals surface area contributed by atoms with Crippen molar-refractivity contribution in [3.05, 3.63) is 56.7 Å². The van der Waals surface area contributed by atoms with E-state index in [-0.39, 0.29) is 0 Å². The number of thiophene rings is 1. The first-order chi connectivity index (χ1) is 9.25. The smallest absolute Gasteiger partial charge is 0.0406 e. The molecule has 2 atom stereocenters. The maximum atomic E-state index is 6.00. The van der Waals surface area contributed by atoms with E-state index in [1.54, 1.807) is 4.88 Å². The predicted octanol–water partition coefficient (Wildman–Crippen LogP) is 4.57. The first kappa shape index (κ1) is 13.2. The molecule has 2 heterocycles. The summed E-state index contributed by atoms with van der Waals surface area (Å²) in [6.07, 6.45) is 1.22. The van der Waals surface area contributed by atoms with Gasteiger partial charge in [0.05, 0.1) is 0 Å². The Hall–Kier alpha value is -0.830. The summed E-state index contributed by atoms with van der Waals surface area (Å²) in [7, 11) is 0. The van der Waals surface area contributed by atoms with E-state index in [1.165, 1.54) is 17.5 Å². The van der Waals surface area contributed by atoms with Crippen LogP contribution in [-0.4, -0.2) is 13.1 Å². The molecule has 1 fully saturated rings. The van der Waals surface area contributed by atoms with Gasteiger partial charge in [0.15, 0.2) is 0 Å². The van der Waals surface area contributed by atoms with Gasteiger partial charge in [-0.25, -0.2) is 0 Å². The van der Waals surface area contributed by atoms with Crippen LogP contribution in [0, 0.1) is 6.92 Å². The van der Waals surface area contributed by atoms with E-state index in [4.69, 9.17) is 11.6 Å².